The second kappa shape index (κ2) is 8.92. The predicted octanol–water partition coefficient (Wildman–Crippen LogP) is 1.95. The lowest BCUT2D eigenvalue weighted by Crippen LogP contribution is -2.51. The second-order valence-electron chi connectivity index (χ2n) is 8.76. The van der Waals surface area contributed by atoms with Crippen LogP contribution in [-0.4, -0.2) is 59.3 Å². The average molecular weight is 485 g/mol. The van der Waals surface area contributed by atoms with Gasteiger partial charge in [0.1, 0.15) is 12.4 Å². The highest BCUT2D eigenvalue weighted by atomic mass is 32.2. The van der Waals surface area contributed by atoms with Gasteiger partial charge in [0.2, 0.25) is 15.9 Å². The van der Waals surface area contributed by atoms with Gasteiger partial charge in [-0.05, 0) is 61.1 Å². The van der Waals surface area contributed by atoms with Gasteiger partial charge in [-0.15, -0.1) is 0 Å². The highest BCUT2D eigenvalue weighted by Crippen LogP contribution is 2.26. The Morgan fingerprint density at radius 3 is 2.47 bits per heavy atom. The molecule has 1 fully saturated rings. The molecule has 1 aromatic heterocycles. The topological polar surface area (TPSA) is 92.6 Å². The standard InChI is InChI=1S/C24H25FN4O4S/c25-19-6-8-21-22(14-19)26-16-28(24(21)31)15-23(30)27-9-11-29(12-10-27)34(32,33)20-7-5-17-3-1-2-4-18(17)13-20/h5-8,13-14,16H,1-4,9-12,15H2. The van der Waals surface area contributed by atoms with E-state index in [4.69, 9.17) is 0 Å². The lowest BCUT2D eigenvalue weighted by molar-refractivity contribution is -0.133. The zero-order valence-electron chi connectivity index (χ0n) is 18.6. The van der Waals surface area contributed by atoms with Crippen LogP contribution in [0.1, 0.15) is 24.0 Å². The Bertz CT molecular complexity index is 1430. The molecule has 0 unspecified atom stereocenters. The quantitative estimate of drug-likeness (QED) is 0.565. The maximum Gasteiger partial charge on any atom is 0.261 e. The molecule has 10 heteroatoms. The van der Waals surface area contributed by atoms with E-state index >= 15 is 0 Å². The van der Waals surface area contributed by atoms with Crippen LogP contribution >= 0.6 is 0 Å². The number of rotatable bonds is 4. The lowest BCUT2D eigenvalue weighted by atomic mass is 9.92. The molecule has 8 nitrogen and oxygen atoms in total. The maximum atomic E-state index is 13.4. The molecule has 0 radical (unpaired) electrons. The van der Waals surface area contributed by atoms with Crippen LogP contribution in [-0.2, 0) is 34.2 Å². The Kier molecular flexibility index (Phi) is 5.95. The van der Waals surface area contributed by atoms with E-state index in [1.54, 1.807) is 17.0 Å². The summed E-state index contributed by atoms with van der Waals surface area (Å²) in [5, 5.41) is 0.234. The van der Waals surface area contributed by atoms with Crippen molar-refractivity contribution in [2.24, 2.45) is 0 Å². The van der Waals surface area contributed by atoms with Gasteiger partial charge in [0, 0.05) is 32.2 Å². The third-order valence-corrected chi connectivity index (χ3v) is 8.54. The fourth-order valence-corrected chi connectivity index (χ4v) is 6.16. The van der Waals surface area contributed by atoms with Crippen LogP contribution in [0.15, 0.2) is 52.4 Å². The number of piperazine rings is 1. The maximum absolute atomic E-state index is 13.4. The fraction of sp³-hybridized carbons (Fsp3) is 0.375. The minimum atomic E-state index is -3.64. The molecule has 2 aliphatic rings. The van der Waals surface area contributed by atoms with E-state index in [-0.39, 0.29) is 49.5 Å². The first-order chi connectivity index (χ1) is 16.3. The number of amides is 1. The number of nitrogens with zero attached hydrogens (tertiary/aromatic N) is 4. The van der Waals surface area contributed by atoms with Crippen LogP contribution < -0.4 is 5.56 Å². The fourth-order valence-electron chi connectivity index (χ4n) is 4.69. The molecule has 2 heterocycles. The van der Waals surface area contributed by atoms with Crippen molar-refractivity contribution in [3.05, 3.63) is 70.0 Å². The number of fused-ring (bicyclic) bond motifs is 2. The highest BCUT2D eigenvalue weighted by molar-refractivity contribution is 7.89. The molecule has 34 heavy (non-hydrogen) atoms. The van der Waals surface area contributed by atoms with Crippen LogP contribution in [0.4, 0.5) is 4.39 Å². The zero-order valence-corrected chi connectivity index (χ0v) is 19.4. The zero-order chi connectivity index (χ0) is 23.9. The van der Waals surface area contributed by atoms with Crippen LogP contribution in [0, 0.1) is 5.82 Å². The Labute approximate surface area is 196 Å². The van der Waals surface area contributed by atoms with Crippen LogP contribution in [0.5, 0.6) is 0 Å². The van der Waals surface area contributed by atoms with Gasteiger partial charge in [0.05, 0.1) is 22.1 Å². The first kappa shape index (κ1) is 22.7. The molecule has 2 aromatic carbocycles. The molecule has 1 saturated heterocycles. The van der Waals surface area contributed by atoms with E-state index in [1.165, 1.54) is 39.0 Å². The first-order valence-electron chi connectivity index (χ1n) is 11.4. The summed E-state index contributed by atoms with van der Waals surface area (Å²) in [6, 6.07) is 9.11. The number of aromatic nitrogens is 2. The summed E-state index contributed by atoms with van der Waals surface area (Å²) < 4.78 is 42.3. The Morgan fingerprint density at radius 2 is 1.71 bits per heavy atom. The summed E-state index contributed by atoms with van der Waals surface area (Å²) in [7, 11) is -3.64. The van der Waals surface area contributed by atoms with Gasteiger partial charge >= 0.3 is 0 Å². The number of aryl methyl sites for hydroxylation is 2. The minimum absolute atomic E-state index is 0.190. The minimum Gasteiger partial charge on any atom is -0.338 e. The van der Waals surface area contributed by atoms with Crippen LogP contribution in [0.3, 0.4) is 0 Å². The van der Waals surface area contributed by atoms with Gasteiger partial charge < -0.3 is 4.90 Å². The van der Waals surface area contributed by atoms with E-state index in [0.717, 1.165) is 31.2 Å². The monoisotopic (exact) mass is 484 g/mol. The van der Waals surface area contributed by atoms with Gasteiger partial charge in [-0.1, -0.05) is 6.07 Å². The first-order valence-corrected chi connectivity index (χ1v) is 12.8. The second-order valence-corrected chi connectivity index (χ2v) is 10.7. The van der Waals surface area contributed by atoms with E-state index in [9.17, 15) is 22.4 Å². The van der Waals surface area contributed by atoms with Crippen molar-refractivity contribution in [2.75, 3.05) is 26.2 Å². The number of hydrogen-bond acceptors (Lipinski definition) is 5. The molecular weight excluding hydrogens is 459 g/mol. The summed E-state index contributed by atoms with van der Waals surface area (Å²) in [6.07, 6.45) is 5.33. The van der Waals surface area contributed by atoms with Crippen LogP contribution in [0.25, 0.3) is 10.9 Å². The van der Waals surface area contributed by atoms with Crippen molar-refractivity contribution in [2.45, 2.75) is 37.1 Å². The number of sulfonamides is 1. The molecule has 1 aliphatic heterocycles. The summed E-state index contributed by atoms with van der Waals surface area (Å²) >= 11 is 0. The molecular formula is C24H25FN4O4S. The molecule has 178 valence electrons. The van der Waals surface area contributed by atoms with Crippen molar-refractivity contribution in [3.63, 3.8) is 0 Å². The van der Waals surface area contributed by atoms with Gasteiger partial charge in [-0.25, -0.2) is 17.8 Å². The van der Waals surface area contributed by atoms with Gasteiger partial charge in [-0.2, -0.15) is 4.31 Å². The SMILES string of the molecule is O=C(Cn1cnc2cc(F)ccc2c1=O)N1CCN(S(=O)(=O)c2ccc3c(c2)CCCC3)CC1. The summed E-state index contributed by atoms with van der Waals surface area (Å²) in [5.41, 5.74) is 2.14. The normalized spacial score (nSPS) is 17.0. The molecule has 0 bridgehead atoms. The average Bonchev–Trinajstić information content (AvgIpc) is 2.85. The van der Waals surface area contributed by atoms with E-state index in [0.29, 0.717) is 4.90 Å². The summed E-state index contributed by atoms with van der Waals surface area (Å²) in [5.74, 6) is -0.785. The molecule has 1 amide bonds. The molecule has 0 spiro atoms. The van der Waals surface area contributed by atoms with E-state index in [2.05, 4.69) is 4.98 Å². The van der Waals surface area contributed by atoms with Gasteiger partial charge in [0.25, 0.3) is 5.56 Å². The van der Waals surface area contributed by atoms with Crippen LogP contribution in [0.2, 0.25) is 0 Å². The number of carbonyl (C=O) groups excluding carboxylic acids is 1. The number of benzene rings is 2. The van der Waals surface area contributed by atoms with Crippen molar-refractivity contribution < 1.29 is 17.6 Å². The van der Waals surface area contributed by atoms with Crippen molar-refractivity contribution in [1.29, 1.82) is 0 Å². The predicted molar refractivity (Wildman–Crippen MR) is 124 cm³/mol. The Balaban J connectivity index is 1.26. The molecule has 0 saturated carbocycles. The Hall–Kier alpha value is -3.11. The van der Waals surface area contributed by atoms with Crippen molar-refractivity contribution in [1.82, 2.24) is 18.8 Å². The third-order valence-electron chi connectivity index (χ3n) is 6.64. The number of hydrogen-bond donors (Lipinski definition) is 0. The molecule has 0 N–H and O–H groups in total. The van der Waals surface area contributed by atoms with E-state index in [1.807, 2.05) is 6.07 Å². The number of carbonyl (C=O) groups is 1. The molecule has 5 rings (SSSR count). The lowest BCUT2D eigenvalue weighted by Gasteiger charge is -2.34. The highest BCUT2D eigenvalue weighted by Gasteiger charge is 2.31. The Morgan fingerprint density at radius 1 is 0.971 bits per heavy atom. The van der Waals surface area contributed by atoms with Gasteiger partial charge in [0.15, 0.2) is 0 Å². The van der Waals surface area contributed by atoms with Gasteiger partial charge in [-0.3, -0.25) is 14.2 Å². The molecule has 3 aromatic rings. The summed E-state index contributed by atoms with van der Waals surface area (Å²) in [4.78, 5) is 31.4. The smallest absolute Gasteiger partial charge is 0.261 e. The van der Waals surface area contributed by atoms with E-state index < -0.39 is 21.4 Å². The largest absolute Gasteiger partial charge is 0.338 e. The summed E-state index contributed by atoms with van der Waals surface area (Å²) in [6.45, 7) is 0.648. The van der Waals surface area contributed by atoms with Crippen molar-refractivity contribution in [3.8, 4) is 0 Å². The number of halogens is 1. The third kappa shape index (κ3) is 4.23. The van der Waals surface area contributed by atoms with Crippen molar-refractivity contribution >= 4 is 26.8 Å². The molecule has 0 atom stereocenters. The molecule has 1 aliphatic carbocycles.